The van der Waals surface area contributed by atoms with Crippen molar-refractivity contribution in [3.05, 3.63) is 51.6 Å². The standard InChI is InChI=1S/C14H12BrN3S/c1-16-13-11-6-7-19-14(11)18-12(17-13)8-9-2-4-10(15)5-3-9/h2-7H,8H2,1H3,(H,16,17,18). The average molecular weight is 334 g/mol. The topological polar surface area (TPSA) is 37.8 Å². The second-order valence-corrected chi connectivity index (χ2v) is 5.99. The van der Waals surface area contributed by atoms with Gasteiger partial charge in [0.2, 0.25) is 0 Å². The molecule has 3 aromatic rings. The van der Waals surface area contributed by atoms with Gasteiger partial charge in [-0.25, -0.2) is 9.97 Å². The number of benzene rings is 1. The lowest BCUT2D eigenvalue weighted by molar-refractivity contribution is 0.997. The molecule has 5 heteroatoms. The van der Waals surface area contributed by atoms with E-state index in [9.17, 15) is 0 Å². The highest BCUT2D eigenvalue weighted by molar-refractivity contribution is 9.10. The molecule has 0 unspecified atom stereocenters. The Morgan fingerprint density at radius 1 is 1.16 bits per heavy atom. The fourth-order valence-electron chi connectivity index (χ4n) is 1.95. The first-order valence-corrected chi connectivity index (χ1v) is 7.60. The van der Waals surface area contributed by atoms with Gasteiger partial charge in [-0.2, -0.15) is 0 Å². The van der Waals surface area contributed by atoms with Crippen LogP contribution < -0.4 is 5.32 Å². The van der Waals surface area contributed by atoms with Crippen LogP contribution in [0.15, 0.2) is 40.2 Å². The molecule has 0 saturated carbocycles. The van der Waals surface area contributed by atoms with E-state index in [0.29, 0.717) is 0 Å². The Bertz CT molecular complexity index is 706. The Kier molecular flexibility index (Phi) is 3.48. The van der Waals surface area contributed by atoms with Crippen molar-refractivity contribution in [2.75, 3.05) is 12.4 Å². The first kappa shape index (κ1) is 12.6. The summed E-state index contributed by atoms with van der Waals surface area (Å²) in [5, 5.41) is 6.27. The fourth-order valence-corrected chi connectivity index (χ4v) is 3.00. The van der Waals surface area contributed by atoms with Crippen LogP contribution in [0.1, 0.15) is 11.4 Å². The van der Waals surface area contributed by atoms with Crippen molar-refractivity contribution in [2.45, 2.75) is 6.42 Å². The highest BCUT2D eigenvalue weighted by atomic mass is 79.9. The lowest BCUT2D eigenvalue weighted by Crippen LogP contribution is -2.01. The minimum Gasteiger partial charge on any atom is -0.372 e. The highest BCUT2D eigenvalue weighted by Crippen LogP contribution is 2.25. The number of nitrogens with zero attached hydrogens (tertiary/aromatic N) is 2. The minimum atomic E-state index is 0.746. The van der Waals surface area contributed by atoms with E-state index in [4.69, 9.17) is 0 Å². The Morgan fingerprint density at radius 2 is 1.95 bits per heavy atom. The second-order valence-electron chi connectivity index (χ2n) is 4.18. The number of thiophene rings is 1. The van der Waals surface area contributed by atoms with Gasteiger partial charge in [-0.05, 0) is 29.1 Å². The van der Waals surface area contributed by atoms with Crippen LogP contribution in [0, 0.1) is 0 Å². The maximum absolute atomic E-state index is 4.62. The fraction of sp³-hybridized carbons (Fsp3) is 0.143. The maximum Gasteiger partial charge on any atom is 0.138 e. The third kappa shape index (κ3) is 2.62. The molecule has 2 aromatic heterocycles. The molecular formula is C14H12BrN3S. The van der Waals surface area contributed by atoms with Crippen LogP contribution in [0.4, 0.5) is 5.82 Å². The Hall–Kier alpha value is -1.46. The largest absolute Gasteiger partial charge is 0.372 e. The molecule has 0 bridgehead atoms. The summed E-state index contributed by atoms with van der Waals surface area (Å²) in [6.07, 6.45) is 0.746. The summed E-state index contributed by atoms with van der Waals surface area (Å²) in [7, 11) is 1.89. The zero-order chi connectivity index (χ0) is 13.2. The van der Waals surface area contributed by atoms with E-state index in [0.717, 1.165) is 32.8 Å². The number of anilines is 1. The van der Waals surface area contributed by atoms with Gasteiger partial charge in [-0.1, -0.05) is 28.1 Å². The number of halogens is 1. The molecule has 19 heavy (non-hydrogen) atoms. The number of fused-ring (bicyclic) bond motifs is 1. The van der Waals surface area contributed by atoms with Gasteiger partial charge in [0.25, 0.3) is 0 Å². The van der Waals surface area contributed by atoms with Gasteiger partial charge in [0.15, 0.2) is 0 Å². The molecule has 3 rings (SSSR count). The van der Waals surface area contributed by atoms with E-state index >= 15 is 0 Å². The summed E-state index contributed by atoms with van der Waals surface area (Å²) in [5.41, 5.74) is 1.21. The summed E-state index contributed by atoms with van der Waals surface area (Å²) >= 11 is 5.09. The molecular weight excluding hydrogens is 322 g/mol. The average Bonchev–Trinajstić information content (AvgIpc) is 2.89. The molecule has 0 fully saturated rings. The van der Waals surface area contributed by atoms with Crippen molar-refractivity contribution in [3.63, 3.8) is 0 Å². The summed E-state index contributed by atoms with van der Waals surface area (Å²) in [6.45, 7) is 0. The molecule has 1 aromatic carbocycles. The normalized spacial score (nSPS) is 10.8. The first-order chi connectivity index (χ1) is 9.26. The summed E-state index contributed by atoms with van der Waals surface area (Å²) in [4.78, 5) is 10.2. The summed E-state index contributed by atoms with van der Waals surface area (Å²) < 4.78 is 1.08. The van der Waals surface area contributed by atoms with E-state index < -0.39 is 0 Å². The lowest BCUT2D eigenvalue weighted by atomic mass is 10.1. The summed E-state index contributed by atoms with van der Waals surface area (Å²) in [6, 6.07) is 10.3. The second kappa shape index (κ2) is 5.27. The van der Waals surface area contributed by atoms with Crippen molar-refractivity contribution >= 4 is 43.3 Å². The number of rotatable bonds is 3. The van der Waals surface area contributed by atoms with Crippen molar-refractivity contribution in [2.24, 2.45) is 0 Å². The monoisotopic (exact) mass is 333 g/mol. The predicted molar refractivity (Wildman–Crippen MR) is 83.9 cm³/mol. The quantitative estimate of drug-likeness (QED) is 0.784. The van der Waals surface area contributed by atoms with Gasteiger partial charge in [0.1, 0.15) is 16.5 Å². The smallest absolute Gasteiger partial charge is 0.138 e. The van der Waals surface area contributed by atoms with Crippen LogP contribution in [-0.4, -0.2) is 17.0 Å². The van der Waals surface area contributed by atoms with Crippen molar-refractivity contribution < 1.29 is 0 Å². The number of aromatic nitrogens is 2. The summed E-state index contributed by atoms with van der Waals surface area (Å²) in [5.74, 6) is 1.75. The number of hydrogen-bond donors (Lipinski definition) is 1. The number of hydrogen-bond acceptors (Lipinski definition) is 4. The van der Waals surface area contributed by atoms with Gasteiger partial charge >= 0.3 is 0 Å². The molecule has 0 amide bonds. The SMILES string of the molecule is CNc1nc(Cc2ccc(Br)cc2)nc2sccc12. The van der Waals surface area contributed by atoms with Crippen molar-refractivity contribution in [3.8, 4) is 0 Å². The molecule has 2 heterocycles. The molecule has 3 nitrogen and oxygen atoms in total. The van der Waals surface area contributed by atoms with Gasteiger partial charge in [-0.15, -0.1) is 11.3 Å². The van der Waals surface area contributed by atoms with Crippen LogP contribution in [0.2, 0.25) is 0 Å². The van der Waals surface area contributed by atoms with E-state index in [1.165, 1.54) is 5.56 Å². The van der Waals surface area contributed by atoms with E-state index in [1.807, 2.05) is 24.6 Å². The van der Waals surface area contributed by atoms with E-state index in [2.05, 4.69) is 49.4 Å². The third-order valence-corrected chi connectivity index (χ3v) is 4.22. The Balaban J connectivity index is 1.98. The van der Waals surface area contributed by atoms with Crippen LogP contribution >= 0.6 is 27.3 Å². The number of nitrogens with one attached hydrogen (secondary N) is 1. The van der Waals surface area contributed by atoms with Crippen LogP contribution in [0.5, 0.6) is 0 Å². The zero-order valence-corrected chi connectivity index (χ0v) is 12.8. The molecule has 0 aliphatic heterocycles. The van der Waals surface area contributed by atoms with Gasteiger partial charge in [-0.3, -0.25) is 0 Å². The molecule has 0 atom stereocenters. The molecule has 0 radical (unpaired) electrons. The molecule has 0 aliphatic rings. The van der Waals surface area contributed by atoms with Crippen molar-refractivity contribution in [1.82, 2.24) is 9.97 Å². The molecule has 96 valence electrons. The van der Waals surface area contributed by atoms with Gasteiger partial charge in [0.05, 0.1) is 5.39 Å². The first-order valence-electron chi connectivity index (χ1n) is 5.92. The van der Waals surface area contributed by atoms with Crippen LogP contribution in [-0.2, 0) is 6.42 Å². The Labute approximate surface area is 123 Å². The van der Waals surface area contributed by atoms with Crippen LogP contribution in [0.25, 0.3) is 10.2 Å². The molecule has 0 saturated heterocycles. The van der Waals surface area contributed by atoms with E-state index in [-0.39, 0.29) is 0 Å². The van der Waals surface area contributed by atoms with Crippen LogP contribution in [0.3, 0.4) is 0 Å². The van der Waals surface area contributed by atoms with E-state index in [1.54, 1.807) is 11.3 Å². The minimum absolute atomic E-state index is 0.746. The lowest BCUT2D eigenvalue weighted by Gasteiger charge is -2.05. The molecule has 0 aliphatic carbocycles. The molecule has 0 spiro atoms. The van der Waals surface area contributed by atoms with Crippen molar-refractivity contribution in [1.29, 1.82) is 0 Å². The zero-order valence-electron chi connectivity index (χ0n) is 10.4. The predicted octanol–water partition coefficient (Wildman–Crippen LogP) is 4.09. The Morgan fingerprint density at radius 3 is 2.68 bits per heavy atom. The molecule has 1 N–H and O–H groups in total. The maximum atomic E-state index is 4.62. The van der Waals surface area contributed by atoms with Gasteiger partial charge < -0.3 is 5.32 Å². The third-order valence-electron chi connectivity index (χ3n) is 2.88. The highest BCUT2D eigenvalue weighted by Gasteiger charge is 2.08. The van der Waals surface area contributed by atoms with Gasteiger partial charge in [0, 0.05) is 17.9 Å².